The van der Waals surface area contributed by atoms with Crippen molar-refractivity contribution in [1.29, 1.82) is 0 Å². The Morgan fingerprint density at radius 3 is 2.06 bits per heavy atom. The van der Waals surface area contributed by atoms with E-state index in [9.17, 15) is 0 Å². The van der Waals surface area contributed by atoms with E-state index in [2.05, 4.69) is 58.7 Å². The van der Waals surface area contributed by atoms with Gasteiger partial charge in [0.2, 0.25) is 0 Å². The van der Waals surface area contributed by atoms with Crippen molar-refractivity contribution in [2.24, 2.45) is 16.7 Å². The maximum Gasteiger partial charge on any atom is 0.0247 e. The zero-order chi connectivity index (χ0) is 13.0. The Morgan fingerprint density at radius 1 is 1.12 bits per heavy atom. The molecule has 1 aliphatic heterocycles. The van der Waals surface area contributed by atoms with Crippen LogP contribution < -0.4 is 5.32 Å². The van der Waals surface area contributed by atoms with Crippen LogP contribution in [0.15, 0.2) is 0 Å². The molecule has 1 saturated heterocycles. The van der Waals surface area contributed by atoms with Gasteiger partial charge in [0, 0.05) is 31.2 Å². The Kier molecular flexibility index (Phi) is 3.11. The molecular formula is C15H30N2. The third-order valence-electron chi connectivity index (χ3n) is 5.63. The minimum atomic E-state index is 0.469. The summed E-state index contributed by atoms with van der Waals surface area (Å²) >= 11 is 0. The minimum Gasteiger partial charge on any atom is -0.311 e. The highest BCUT2D eigenvalue weighted by Crippen LogP contribution is 2.65. The second-order valence-corrected chi connectivity index (χ2v) is 7.66. The number of nitrogens with zero attached hydrogens (tertiary/aromatic N) is 1. The van der Waals surface area contributed by atoms with Crippen molar-refractivity contribution in [2.45, 2.75) is 66.6 Å². The van der Waals surface area contributed by atoms with Gasteiger partial charge < -0.3 is 5.32 Å². The van der Waals surface area contributed by atoms with Gasteiger partial charge in [0.1, 0.15) is 0 Å². The van der Waals surface area contributed by atoms with Gasteiger partial charge >= 0.3 is 0 Å². The van der Waals surface area contributed by atoms with Crippen LogP contribution in [0.4, 0.5) is 0 Å². The summed E-state index contributed by atoms with van der Waals surface area (Å²) in [6.45, 7) is 19.1. The van der Waals surface area contributed by atoms with E-state index >= 15 is 0 Å². The average molecular weight is 238 g/mol. The fourth-order valence-electron chi connectivity index (χ4n) is 3.86. The van der Waals surface area contributed by atoms with Crippen LogP contribution in [0, 0.1) is 16.7 Å². The standard InChI is InChI=1S/C15H30N2/c1-10(2)12-8-16-11(3)9-17(12)13-14(4,5)15(13,6)7/h10-13,16H,8-9H2,1-7H3. The van der Waals surface area contributed by atoms with Crippen molar-refractivity contribution in [1.82, 2.24) is 10.2 Å². The zero-order valence-corrected chi connectivity index (χ0v) is 12.7. The number of hydrogen-bond donors (Lipinski definition) is 1. The van der Waals surface area contributed by atoms with Crippen molar-refractivity contribution >= 4 is 0 Å². The fraction of sp³-hybridized carbons (Fsp3) is 1.00. The molecule has 0 amide bonds. The van der Waals surface area contributed by atoms with Crippen molar-refractivity contribution in [3.63, 3.8) is 0 Å². The summed E-state index contributed by atoms with van der Waals surface area (Å²) in [5, 5.41) is 3.64. The molecule has 0 aromatic carbocycles. The lowest BCUT2D eigenvalue weighted by Gasteiger charge is -2.43. The molecule has 2 aliphatic rings. The van der Waals surface area contributed by atoms with Gasteiger partial charge in [0.25, 0.3) is 0 Å². The Bertz CT molecular complexity index is 279. The van der Waals surface area contributed by atoms with Crippen molar-refractivity contribution in [3.8, 4) is 0 Å². The molecule has 1 aliphatic carbocycles. The molecule has 1 saturated carbocycles. The third kappa shape index (κ3) is 1.94. The van der Waals surface area contributed by atoms with Crippen LogP contribution in [0.2, 0.25) is 0 Å². The monoisotopic (exact) mass is 238 g/mol. The molecule has 0 radical (unpaired) electrons. The molecule has 2 heteroatoms. The first-order valence-corrected chi connectivity index (χ1v) is 7.18. The van der Waals surface area contributed by atoms with Crippen LogP contribution in [-0.4, -0.2) is 36.1 Å². The molecule has 100 valence electrons. The van der Waals surface area contributed by atoms with Gasteiger partial charge in [-0.1, -0.05) is 41.5 Å². The average Bonchev–Trinajstić information content (AvgIpc) is 2.56. The topological polar surface area (TPSA) is 15.3 Å². The Morgan fingerprint density at radius 2 is 1.65 bits per heavy atom. The van der Waals surface area contributed by atoms with E-state index in [-0.39, 0.29) is 0 Å². The number of nitrogens with one attached hydrogen (secondary N) is 1. The van der Waals surface area contributed by atoms with Crippen molar-refractivity contribution < 1.29 is 0 Å². The van der Waals surface area contributed by atoms with Gasteiger partial charge in [0.05, 0.1) is 0 Å². The maximum atomic E-state index is 3.64. The minimum absolute atomic E-state index is 0.469. The molecule has 2 rings (SSSR count). The second-order valence-electron chi connectivity index (χ2n) is 7.66. The van der Waals surface area contributed by atoms with E-state index in [4.69, 9.17) is 0 Å². The largest absolute Gasteiger partial charge is 0.311 e. The summed E-state index contributed by atoms with van der Waals surface area (Å²) in [5.74, 6) is 0.738. The van der Waals surface area contributed by atoms with E-state index in [1.165, 1.54) is 6.54 Å². The molecular weight excluding hydrogens is 208 g/mol. The van der Waals surface area contributed by atoms with Crippen LogP contribution in [0.1, 0.15) is 48.5 Å². The molecule has 1 heterocycles. The van der Waals surface area contributed by atoms with Gasteiger partial charge in [-0.2, -0.15) is 0 Å². The van der Waals surface area contributed by atoms with Gasteiger partial charge in [-0.05, 0) is 23.7 Å². The van der Waals surface area contributed by atoms with Crippen LogP contribution in [0.5, 0.6) is 0 Å². The highest BCUT2D eigenvalue weighted by molar-refractivity contribution is 5.20. The lowest BCUT2D eigenvalue weighted by Crippen LogP contribution is -2.59. The SMILES string of the molecule is CC1CN(C2C(C)(C)C2(C)C)C(C(C)C)CN1. The van der Waals surface area contributed by atoms with Gasteiger partial charge in [-0.3, -0.25) is 4.90 Å². The van der Waals surface area contributed by atoms with Crippen molar-refractivity contribution in [3.05, 3.63) is 0 Å². The molecule has 0 aromatic heterocycles. The highest BCUT2D eigenvalue weighted by atomic mass is 15.3. The summed E-state index contributed by atoms with van der Waals surface area (Å²) in [5.41, 5.74) is 0.939. The first kappa shape index (κ1) is 13.4. The van der Waals surface area contributed by atoms with Gasteiger partial charge in [0.15, 0.2) is 0 Å². The fourth-order valence-corrected chi connectivity index (χ4v) is 3.86. The van der Waals surface area contributed by atoms with Crippen LogP contribution in [0.25, 0.3) is 0 Å². The molecule has 0 spiro atoms. The molecule has 2 unspecified atom stereocenters. The number of piperazine rings is 1. The van der Waals surface area contributed by atoms with E-state index < -0.39 is 0 Å². The predicted molar refractivity (Wildman–Crippen MR) is 74.1 cm³/mol. The Balaban J connectivity index is 2.17. The first-order valence-electron chi connectivity index (χ1n) is 7.18. The van der Waals surface area contributed by atoms with E-state index in [0.717, 1.165) is 18.5 Å². The first-order chi connectivity index (χ1) is 7.69. The normalized spacial score (nSPS) is 37.4. The summed E-state index contributed by atoms with van der Waals surface area (Å²) in [7, 11) is 0. The molecule has 0 aromatic rings. The molecule has 17 heavy (non-hydrogen) atoms. The number of rotatable bonds is 2. The Labute approximate surface area is 107 Å². The molecule has 2 nitrogen and oxygen atoms in total. The van der Waals surface area contributed by atoms with Gasteiger partial charge in [-0.15, -0.1) is 0 Å². The quantitative estimate of drug-likeness (QED) is 0.796. The van der Waals surface area contributed by atoms with Crippen molar-refractivity contribution in [2.75, 3.05) is 13.1 Å². The summed E-state index contributed by atoms with van der Waals surface area (Å²) in [6.07, 6.45) is 0. The van der Waals surface area contributed by atoms with E-state index in [1.54, 1.807) is 0 Å². The zero-order valence-electron chi connectivity index (χ0n) is 12.7. The Hall–Kier alpha value is -0.0800. The van der Waals surface area contributed by atoms with Crippen LogP contribution in [-0.2, 0) is 0 Å². The smallest absolute Gasteiger partial charge is 0.0247 e. The van der Waals surface area contributed by atoms with E-state index in [0.29, 0.717) is 22.9 Å². The van der Waals surface area contributed by atoms with Gasteiger partial charge in [-0.25, -0.2) is 0 Å². The van der Waals surface area contributed by atoms with E-state index in [1.807, 2.05) is 0 Å². The maximum absolute atomic E-state index is 3.64. The lowest BCUT2D eigenvalue weighted by atomic mass is 9.97. The summed E-state index contributed by atoms with van der Waals surface area (Å²) in [4.78, 5) is 2.80. The third-order valence-corrected chi connectivity index (χ3v) is 5.63. The molecule has 2 atom stereocenters. The molecule has 1 N–H and O–H groups in total. The van der Waals surface area contributed by atoms with Crippen LogP contribution >= 0.6 is 0 Å². The number of hydrogen-bond acceptors (Lipinski definition) is 2. The highest BCUT2D eigenvalue weighted by Gasteiger charge is 2.68. The summed E-state index contributed by atoms with van der Waals surface area (Å²) in [6, 6.07) is 2.10. The lowest BCUT2D eigenvalue weighted by molar-refractivity contribution is 0.0766. The molecule has 0 bridgehead atoms. The summed E-state index contributed by atoms with van der Waals surface area (Å²) < 4.78 is 0. The van der Waals surface area contributed by atoms with Crippen LogP contribution in [0.3, 0.4) is 0 Å². The predicted octanol–water partition coefficient (Wildman–Crippen LogP) is 2.74. The molecule has 2 fully saturated rings. The second kappa shape index (κ2) is 3.96.